The molecule has 0 spiro atoms. The fraction of sp³-hybridized carbons (Fsp3) is 0.571. The van der Waals surface area contributed by atoms with Gasteiger partial charge >= 0.3 is 6.18 Å². The zero-order chi connectivity index (χ0) is 13.0. The molecule has 1 nitrogen and oxygen atoms in total. The normalized spacial score (nSPS) is 17.0. The van der Waals surface area contributed by atoms with Gasteiger partial charge in [0.15, 0.2) is 0 Å². The van der Waals surface area contributed by atoms with Crippen LogP contribution in [0.1, 0.15) is 30.4 Å². The van der Waals surface area contributed by atoms with E-state index >= 15 is 0 Å². The molecule has 0 saturated carbocycles. The Balaban J connectivity index is 0.00000180. The maximum absolute atomic E-state index is 12.6. The first-order valence-electron chi connectivity index (χ1n) is 6.42. The standard InChI is InChI=1S/C14H18F3N.ClH/c15-14(16,17)13-3-1-2-12(10-13)5-4-11-6-8-18-9-7-11;/h1-3,10-11,18H,4-9H2;1H. The lowest BCUT2D eigenvalue weighted by Gasteiger charge is -2.22. The Labute approximate surface area is 118 Å². The topological polar surface area (TPSA) is 12.0 Å². The molecule has 1 aromatic rings. The molecule has 0 aliphatic carbocycles. The zero-order valence-electron chi connectivity index (χ0n) is 10.7. The molecular weight excluding hydrogens is 275 g/mol. The number of aryl methyl sites for hydroxylation is 1. The fourth-order valence-electron chi connectivity index (χ4n) is 2.44. The van der Waals surface area contributed by atoms with Crippen molar-refractivity contribution >= 4 is 12.4 Å². The summed E-state index contributed by atoms with van der Waals surface area (Å²) in [5.41, 5.74) is 0.258. The maximum Gasteiger partial charge on any atom is 0.416 e. The Morgan fingerprint density at radius 2 is 1.84 bits per heavy atom. The van der Waals surface area contributed by atoms with Crippen LogP contribution in [0, 0.1) is 5.92 Å². The van der Waals surface area contributed by atoms with Gasteiger partial charge in [-0.05, 0) is 56.3 Å². The van der Waals surface area contributed by atoms with Gasteiger partial charge in [-0.1, -0.05) is 18.2 Å². The lowest BCUT2D eigenvalue weighted by molar-refractivity contribution is -0.137. The van der Waals surface area contributed by atoms with Gasteiger partial charge in [0.05, 0.1) is 5.56 Å². The molecule has 1 aliphatic rings. The van der Waals surface area contributed by atoms with Crippen molar-refractivity contribution < 1.29 is 13.2 Å². The minimum Gasteiger partial charge on any atom is -0.317 e. The van der Waals surface area contributed by atoms with E-state index < -0.39 is 11.7 Å². The van der Waals surface area contributed by atoms with Crippen molar-refractivity contribution in [1.29, 1.82) is 0 Å². The average molecular weight is 294 g/mol. The SMILES string of the molecule is Cl.FC(F)(F)c1cccc(CCC2CCNCC2)c1. The minimum absolute atomic E-state index is 0. The van der Waals surface area contributed by atoms with Gasteiger partial charge in [-0.15, -0.1) is 12.4 Å². The van der Waals surface area contributed by atoms with Crippen molar-refractivity contribution in [3.05, 3.63) is 35.4 Å². The van der Waals surface area contributed by atoms with Gasteiger partial charge in [-0.25, -0.2) is 0 Å². The Kier molecular flexibility index (Phi) is 6.14. The Morgan fingerprint density at radius 1 is 1.16 bits per heavy atom. The molecule has 1 saturated heterocycles. The first-order valence-corrected chi connectivity index (χ1v) is 6.42. The minimum atomic E-state index is -4.23. The second-order valence-electron chi connectivity index (χ2n) is 4.93. The van der Waals surface area contributed by atoms with Crippen LogP contribution in [0.5, 0.6) is 0 Å². The number of rotatable bonds is 3. The molecule has 1 aromatic carbocycles. The highest BCUT2D eigenvalue weighted by Crippen LogP contribution is 2.30. The van der Waals surface area contributed by atoms with Gasteiger partial charge in [-0.3, -0.25) is 0 Å². The van der Waals surface area contributed by atoms with Crippen LogP contribution in [-0.4, -0.2) is 13.1 Å². The van der Waals surface area contributed by atoms with Crippen LogP contribution in [0.15, 0.2) is 24.3 Å². The number of piperidine rings is 1. The summed E-state index contributed by atoms with van der Waals surface area (Å²) in [6.45, 7) is 2.07. The van der Waals surface area contributed by atoms with E-state index in [1.54, 1.807) is 6.07 Å². The van der Waals surface area contributed by atoms with Gasteiger partial charge in [0.25, 0.3) is 0 Å². The van der Waals surface area contributed by atoms with Crippen molar-refractivity contribution in [2.24, 2.45) is 5.92 Å². The molecule has 0 bridgehead atoms. The second-order valence-corrected chi connectivity index (χ2v) is 4.93. The maximum atomic E-state index is 12.6. The third kappa shape index (κ3) is 5.03. The van der Waals surface area contributed by atoms with E-state index in [2.05, 4.69) is 5.32 Å². The number of halogens is 4. The summed E-state index contributed by atoms with van der Waals surface area (Å²) in [4.78, 5) is 0. The second kappa shape index (κ2) is 7.15. The number of nitrogens with one attached hydrogen (secondary N) is 1. The summed E-state index contributed by atoms with van der Waals surface area (Å²) in [5.74, 6) is 0.654. The number of hydrogen-bond donors (Lipinski definition) is 1. The Hall–Kier alpha value is -0.740. The molecule has 108 valence electrons. The highest BCUT2D eigenvalue weighted by Gasteiger charge is 2.30. The molecule has 0 unspecified atom stereocenters. The number of hydrogen-bond acceptors (Lipinski definition) is 1. The van der Waals surface area contributed by atoms with Gasteiger partial charge in [0.1, 0.15) is 0 Å². The zero-order valence-corrected chi connectivity index (χ0v) is 11.5. The third-order valence-electron chi connectivity index (χ3n) is 3.55. The van der Waals surface area contributed by atoms with Crippen molar-refractivity contribution in [2.75, 3.05) is 13.1 Å². The van der Waals surface area contributed by atoms with E-state index in [9.17, 15) is 13.2 Å². The average Bonchev–Trinajstić information content (AvgIpc) is 2.37. The van der Waals surface area contributed by atoms with Crippen molar-refractivity contribution in [1.82, 2.24) is 5.32 Å². The predicted molar refractivity (Wildman–Crippen MR) is 72.6 cm³/mol. The van der Waals surface area contributed by atoms with E-state index in [4.69, 9.17) is 0 Å². The molecule has 2 rings (SSSR count). The van der Waals surface area contributed by atoms with E-state index in [1.165, 1.54) is 12.1 Å². The predicted octanol–water partition coefficient (Wildman–Crippen LogP) is 4.06. The highest BCUT2D eigenvalue weighted by molar-refractivity contribution is 5.85. The van der Waals surface area contributed by atoms with Crippen LogP contribution in [0.3, 0.4) is 0 Å². The van der Waals surface area contributed by atoms with Crippen molar-refractivity contribution in [2.45, 2.75) is 31.9 Å². The Morgan fingerprint density at radius 3 is 2.47 bits per heavy atom. The smallest absolute Gasteiger partial charge is 0.317 e. The van der Waals surface area contributed by atoms with Crippen LogP contribution in [0.4, 0.5) is 13.2 Å². The Bertz CT molecular complexity index is 387. The first-order chi connectivity index (χ1) is 8.55. The highest BCUT2D eigenvalue weighted by atomic mass is 35.5. The quantitative estimate of drug-likeness (QED) is 0.886. The molecule has 0 radical (unpaired) electrons. The van der Waals surface area contributed by atoms with Crippen LogP contribution >= 0.6 is 12.4 Å². The van der Waals surface area contributed by atoms with Crippen LogP contribution in [-0.2, 0) is 12.6 Å². The summed E-state index contributed by atoms with van der Waals surface area (Å²) in [6.07, 6.45) is -0.222. The van der Waals surface area contributed by atoms with Crippen LogP contribution in [0.2, 0.25) is 0 Å². The summed E-state index contributed by atoms with van der Waals surface area (Å²) < 4.78 is 37.7. The van der Waals surface area contributed by atoms with Gasteiger partial charge < -0.3 is 5.32 Å². The molecule has 0 amide bonds. The lowest BCUT2D eigenvalue weighted by atomic mass is 9.91. The van der Waals surface area contributed by atoms with Crippen molar-refractivity contribution in [3.63, 3.8) is 0 Å². The monoisotopic (exact) mass is 293 g/mol. The van der Waals surface area contributed by atoms with Crippen LogP contribution in [0.25, 0.3) is 0 Å². The summed E-state index contributed by atoms with van der Waals surface area (Å²) in [7, 11) is 0. The van der Waals surface area contributed by atoms with Gasteiger partial charge in [0, 0.05) is 0 Å². The molecule has 1 heterocycles. The molecule has 0 aromatic heterocycles. The molecule has 5 heteroatoms. The number of benzene rings is 1. The molecule has 1 aliphatic heterocycles. The molecule has 19 heavy (non-hydrogen) atoms. The molecule has 0 atom stereocenters. The molecular formula is C14H19ClF3N. The number of alkyl halides is 3. The third-order valence-corrected chi connectivity index (χ3v) is 3.55. The molecule has 1 fully saturated rings. The summed E-state index contributed by atoms with van der Waals surface area (Å²) >= 11 is 0. The lowest BCUT2D eigenvalue weighted by Crippen LogP contribution is -2.27. The van der Waals surface area contributed by atoms with Gasteiger partial charge in [0.2, 0.25) is 0 Å². The largest absolute Gasteiger partial charge is 0.416 e. The van der Waals surface area contributed by atoms with E-state index in [0.717, 1.165) is 50.4 Å². The first kappa shape index (κ1) is 16.3. The molecule has 1 N–H and O–H groups in total. The van der Waals surface area contributed by atoms with E-state index in [0.29, 0.717) is 5.92 Å². The van der Waals surface area contributed by atoms with Gasteiger partial charge in [-0.2, -0.15) is 13.2 Å². The fourth-order valence-corrected chi connectivity index (χ4v) is 2.44. The van der Waals surface area contributed by atoms with Crippen LogP contribution < -0.4 is 5.32 Å². The van der Waals surface area contributed by atoms with E-state index in [1.807, 2.05) is 0 Å². The van der Waals surface area contributed by atoms with E-state index in [-0.39, 0.29) is 12.4 Å². The summed E-state index contributed by atoms with van der Waals surface area (Å²) in [6, 6.07) is 5.70. The summed E-state index contributed by atoms with van der Waals surface area (Å²) in [5, 5.41) is 3.29. The van der Waals surface area contributed by atoms with Crippen molar-refractivity contribution in [3.8, 4) is 0 Å².